The fourth-order valence-corrected chi connectivity index (χ4v) is 3.26. The highest BCUT2D eigenvalue weighted by Crippen LogP contribution is 2.19. The molecule has 6 heteroatoms. The van der Waals surface area contributed by atoms with Crippen molar-refractivity contribution >= 4 is 11.8 Å². The van der Waals surface area contributed by atoms with Gasteiger partial charge in [-0.1, -0.05) is 12.1 Å². The van der Waals surface area contributed by atoms with E-state index in [2.05, 4.69) is 0 Å². The summed E-state index contributed by atoms with van der Waals surface area (Å²) in [7, 11) is 1.64. The lowest BCUT2D eigenvalue weighted by atomic mass is 10.1. The Hall–Kier alpha value is -2.76. The summed E-state index contributed by atoms with van der Waals surface area (Å²) in [5.74, 6) is 1.14. The minimum absolute atomic E-state index is 0.0851. The average molecular weight is 356 g/mol. The maximum atomic E-state index is 12.7. The van der Waals surface area contributed by atoms with E-state index in [1.54, 1.807) is 24.1 Å². The molecule has 1 fully saturated rings. The summed E-state index contributed by atoms with van der Waals surface area (Å²) < 4.78 is 10.5. The van der Waals surface area contributed by atoms with Crippen LogP contribution in [0.4, 0.5) is 0 Å². The van der Waals surface area contributed by atoms with E-state index in [1.807, 2.05) is 30.0 Å². The molecule has 0 saturated carbocycles. The molecule has 0 spiro atoms. The molecular formula is C20H24N2O4. The predicted molar refractivity (Wildman–Crippen MR) is 97.2 cm³/mol. The lowest BCUT2D eigenvalue weighted by Gasteiger charge is -2.22. The number of amides is 2. The Kier molecular flexibility index (Phi) is 5.61. The molecule has 1 aliphatic rings. The van der Waals surface area contributed by atoms with Crippen LogP contribution in [-0.2, 0) is 11.2 Å². The smallest absolute Gasteiger partial charge is 0.289 e. The van der Waals surface area contributed by atoms with Crippen LogP contribution in [0.15, 0.2) is 41.0 Å². The Balaban J connectivity index is 1.59. The number of rotatable bonds is 4. The molecule has 2 amide bonds. The standard InChI is InChI=1S/C20H24N2O4/c1-15-13-16(6-7-17(15)25-2)14-19(23)21-8-4-9-22(11-10-21)20(24)18-5-3-12-26-18/h3,5-7,12-13H,4,8-11,14H2,1-2H3. The summed E-state index contributed by atoms with van der Waals surface area (Å²) in [4.78, 5) is 28.7. The van der Waals surface area contributed by atoms with Gasteiger partial charge < -0.3 is 19.0 Å². The minimum atomic E-state index is -0.116. The van der Waals surface area contributed by atoms with Crippen LogP contribution < -0.4 is 4.74 Å². The first-order chi connectivity index (χ1) is 12.6. The first-order valence-corrected chi connectivity index (χ1v) is 8.82. The van der Waals surface area contributed by atoms with E-state index in [0.29, 0.717) is 38.4 Å². The Morgan fingerprint density at radius 2 is 1.88 bits per heavy atom. The first-order valence-electron chi connectivity index (χ1n) is 8.82. The minimum Gasteiger partial charge on any atom is -0.496 e. The van der Waals surface area contributed by atoms with Crippen LogP contribution in [0.2, 0.25) is 0 Å². The highest BCUT2D eigenvalue weighted by atomic mass is 16.5. The van der Waals surface area contributed by atoms with E-state index >= 15 is 0 Å². The molecule has 0 bridgehead atoms. The van der Waals surface area contributed by atoms with Crippen molar-refractivity contribution in [3.63, 3.8) is 0 Å². The zero-order chi connectivity index (χ0) is 18.5. The summed E-state index contributed by atoms with van der Waals surface area (Å²) in [6, 6.07) is 9.18. The van der Waals surface area contributed by atoms with E-state index in [9.17, 15) is 9.59 Å². The van der Waals surface area contributed by atoms with Gasteiger partial charge in [-0.2, -0.15) is 0 Å². The largest absolute Gasteiger partial charge is 0.496 e. The van der Waals surface area contributed by atoms with Gasteiger partial charge in [0, 0.05) is 26.2 Å². The van der Waals surface area contributed by atoms with Crippen molar-refractivity contribution in [2.75, 3.05) is 33.3 Å². The number of methoxy groups -OCH3 is 1. The molecule has 0 unspecified atom stereocenters. The SMILES string of the molecule is COc1ccc(CC(=O)N2CCCN(C(=O)c3ccco3)CC2)cc1C. The normalized spacial score (nSPS) is 14.8. The molecule has 26 heavy (non-hydrogen) atoms. The van der Waals surface area contributed by atoms with Crippen molar-refractivity contribution in [3.8, 4) is 5.75 Å². The fourth-order valence-electron chi connectivity index (χ4n) is 3.26. The Labute approximate surface area is 153 Å². The summed E-state index contributed by atoms with van der Waals surface area (Å²) in [5, 5.41) is 0. The van der Waals surface area contributed by atoms with Gasteiger partial charge in [0.25, 0.3) is 5.91 Å². The molecule has 6 nitrogen and oxygen atoms in total. The molecule has 0 atom stereocenters. The van der Waals surface area contributed by atoms with E-state index in [0.717, 1.165) is 23.3 Å². The van der Waals surface area contributed by atoms with Crippen LogP contribution in [0.5, 0.6) is 5.75 Å². The van der Waals surface area contributed by atoms with E-state index < -0.39 is 0 Å². The monoisotopic (exact) mass is 356 g/mol. The molecule has 0 aliphatic carbocycles. The summed E-state index contributed by atoms with van der Waals surface area (Å²) in [6.45, 7) is 4.32. The molecule has 0 N–H and O–H groups in total. The summed E-state index contributed by atoms with van der Waals surface area (Å²) in [5.41, 5.74) is 1.99. The number of nitrogens with zero attached hydrogens (tertiary/aromatic N) is 2. The van der Waals surface area contributed by atoms with Gasteiger partial charge in [-0.15, -0.1) is 0 Å². The van der Waals surface area contributed by atoms with Crippen LogP contribution in [0.1, 0.15) is 28.1 Å². The van der Waals surface area contributed by atoms with Crippen molar-refractivity contribution in [2.24, 2.45) is 0 Å². The van der Waals surface area contributed by atoms with Gasteiger partial charge in [0.05, 0.1) is 19.8 Å². The third-order valence-corrected chi connectivity index (χ3v) is 4.68. The van der Waals surface area contributed by atoms with Crippen LogP contribution in [0, 0.1) is 6.92 Å². The first kappa shape index (κ1) is 18.0. The highest BCUT2D eigenvalue weighted by Gasteiger charge is 2.24. The van der Waals surface area contributed by atoms with Crippen LogP contribution in [0.3, 0.4) is 0 Å². The Morgan fingerprint density at radius 3 is 2.58 bits per heavy atom. The zero-order valence-electron chi connectivity index (χ0n) is 15.2. The van der Waals surface area contributed by atoms with Crippen molar-refractivity contribution in [1.82, 2.24) is 9.80 Å². The van der Waals surface area contributed by atoms with Crippen molar-refractivity contribution < 1.29 is 18.7 Å². The van der Waals surface area contributed by atoms with Gasteiger partial charge in [-0.25, -0.2) is 0 Å². The topological polar surface area (TPSA) is 63.0 Å². The maximum Gasteiger partial charge on any atom is 0.289 e. The van der Waals surface area contributed by atoms with Gasteiger partial charge in [0.15, 0.2) is 5.76 Å². The van der Waals surface area contributed by atoms with Crippen LogP contribution in [0.25, 0.3) is 0 Å². The van der Waals surface area contributed by atoms with Gasteiger partial charge in [0.2, 0.25) is 5.91 Å². The van der Waals surface area contributed by atoms with E-state index in [1.165, 1.54) is 6.26 Å². The summed E-state index contributed by atoms with van der Waals surface area (Å²) >= 11 is 0. The van der Waals surface area contributed by atoms with Crippen LogP contribution >= 0.6 is 0 Å². The third kappa shape index (κ3) is 4.07. The molecule has 0 radical (unpaired) electrons. The quantitative estimate of drug-likeness (QED) is 0.844. The number of carbonyl (C=O) groups is 2. The number of benzene rings is 1. The molecule has 3 rings (SSSR count). The predicted octanol–water partition coefficient (Wildman–Crippen LogP) is 2.51. The lowest BCUT2D eigenvalue weighted by molar-refractivity contribution is -0.130. The zero-order valence-corrected chi connectivity index (χ0v) is 15.2. The van der Waals surface area contributed by atoms with Gasteiger partial charge in [-0.3, -0.25) is 9.59 Å². The van der Waals surface area contributed by atoms with Crippen molar-refractivity contribution in [3.05, 3.63) is 53.5 Å². The van der Waals surface area contributed by atoms with Gasteiger partial charge >= 0.3 is 0 Å². The number of carbonyl (C=O) groups excluding carboxylic acids is 2. The molecule has 1 aromatic heterocycles. The molecule has 1 aromatic carbocycles. The Morgan fingerprint density at radius 1 is 1.12 bits per heavy atom. The molecule has 2 heterocycles. The maximum absolute atomic E-state index is 12.7. The number of hydrogen-bond donors (Lipinski definition) is 0. The molecule has 138 valence electrons. The lowest BCUT2D eigenvalue weighted by Crippen LogP contribution is -2.37. The second-order valence-corrected chi connectivity index (χ2v) is 6.48. The number of aryl methyl sites for hydroxylation is 1. The van der Waals surface area contributed by atoms with Gasteiger partial charge in [0.1, 0.15) is 5.75 Å². The fraction of sp³-hybridized carbons (Fsp3) is 0.400. The van der Waals surface area contributed by atoms with Gasteiger partial charge in [-0.05, 0) is 42.7 Å². The number of furan rings is 1. The highest BCUT2D eigenvalue weighted by molar-refractivity contribution is 5.91. The number of hydrogen-bond acceptors (Lipinski definition) is 4. The number of ether oxygens (including phenoxy) is 1. The second kappa shape index (κ2) is 8.08. The van der Waals surface area contributed by atoms with Crippen LogP contribution in [-0.4, -0.2) is 54.9 Å². The third-order valence-electron chi connectivity index (χ3n) is 4.68. The molecular weight excluding hydrogens is 332 g/mol. The molecule has 1 saturated heterocycles. The molecule has 2 aromatic rings. The van der Waals surface area contributed by atoms with Crippen molar-refractivity contribution in [1.29, 1.82) is 0 Å². The Bertz CT molecular complexity index is 770. The second-order valence-electron chi connectivity index (χ2n) is 6.48. The van der Waals surface area contributed by atoms with E-state index in [4.69, 9.17) is 9.15 Å². The molecule has 1 aliphatic heterocycles. The van der Waals surface area contributed by atoms with Crippen molar-refractivity contribution in [2.45, 2.75) is 19.8 Å². The average Bonchev–Trinajstić information content (AvgIpc) is 3.05. The van der Waals surface area contributed by atoms with E-state index in [-0.39, 0.29) is 11.8 Å². The summed E-state index contributed by atoms with van der Waals surface area (Å²) in [6.07, 6.45) is 2.62.